The van der Waals surface area contributed by atoms with Crippen molar-refractivity contribution in [2.75, 3.05) is 20.8 Å². The van der Waals surface area contributed by atoms with Crippen molar-refractivity contribution in [3.05, 3.63) is 17.7 Å². The van der Waals surface area contributed by atoms with E-state index < -0.39 is 5.97 Å². The van der Waals surface area contributed by atoms with Crippen LogP contribution >= 0.6 is 0 Å². The summed E-state index contributed by atoms with van der Waals surface area (Å²) < 4.78 is 15.7. The first-order valence-corrected chi connectivity index (χ1v) is 5.94. The first-order valence-electron chi connectivity index (χ1n) is 5.94. The average Bonchev–Trinajstić information content (AvgIpc) is 2.43. The second-order valence-corrected chi connectivity index (χ2v) is 3.65. The number of benzene rings is 1. The van der Waals surface area contributed by atoms with Crippen LogP contribution in [0.15, 0.2) is 12.1 Å². The van der Waals surface area contributed by atoms with E-state index in [1.54, 1.807) is 14.2 Å². The molecule has 6 nitrogen and oxygen atoms in total. The Morgan fingerprint density at radius 1 is 1.30 bits per heavy atom. The zero-order chi connectivity index (χ0) is 15.5. The van der Waals surface area contributed by atoms with Gasteiger partial charge in [0.25, 0.3) is 5.97 Å². The molecule has 6 heteroatoms. The van der Waals surface area contributed by atoms with Crippen molar-refractivity contribution in [3.8, 4) is 23.3 Å². The van der Waals surface area contributed by atoms with Crippen molar-refractivity contribution >= 4 is 5.97 Å². The molecule has 0 unspecified atom stereocenters. The van der Waals surface area contributed by atoms with Gasteiger partial charge in [-0.15, -0.1) is 0 Å². The number of carbonyl (C=O) groups is 1. The van der Waals surface area contributed by atoms with Crippen molar-refractivity contribution in [2.45, 2.75) is 20.3 Å². The average molecular weight is 281 g/mol. The lowest BCUT2D eigenvalue weighted by Crippen LogP contribution is -2.00. The monoisotopic (exact) mass is 281 g/mol. The second kappa shape index (κ2) is 9.50. The standard InChI is InChI=1S/C12H15NO3.C2H4O2/c1-4-9-7-10(14-2)12(15-3)11(8-9)16-6-5-13;1-2(3)4/h7-8H,4,6H2,1-3H3;1H3,(H,3,4). The van der Waals surface area contributed by atoms with Crippen LogP contribution in [0.25, 0.3) is 0 Å². The van der Waals surface area contributed by atoms with Gasteiger partial charge in [0.05, 0.1) is 14.2 Å². The van der Waals surface area contributed by atoms with Crippen LogP contribution in [0.5, 0.6) is 17.2 Å². The summed E-state index contributed by atoms with van der Waals surface area (Å²) in [6, 6.07) is 5.68. The highest BCUT2D eigenvalue weighted by Gasteiger charge is 2.12. The van der Waals surface area contributed by atoms with Crippen LogP contribution in [-0.4, -0.2) is 31.9 Å². The number of rotatable bonds is 5. The Bertz CT molecular complexity index is 475. The molecule has 0 saturated heterocycles. The highest BCUT2D eigenvalue weighted by Crippen LogP contribution is 2.38. The summed E-state index contributed by atoms with van der Waals surface area (Å²) >= 11 is 0. The van der Waals surface area contributed by atoms with Crippen molar-refractivity contribution in [3.63, 3.8) is 0 Å². The molecular weight excluding hydrogens is 262 g/mol. The molecule has 0 aliphatic rings. The molecule has 0 bridgehead atoms. The number of methoxy groups -OCH3 is 2. The van der Waals surface area contributed by atoms with E-state index in [9.17, 15) is 0 Å². The van der Waals surface area contributed by atoms with Crippen molar-refractivity contribution < 1.29 is 24.1 Å². The van der Waals surface area contributed by atoms with E-state index in [1.807, 2.05) is 25.1 Å². The van der Waals surface area contributed by atoms with Gasteiger partial charge in [-0.1, -0.05) is 6.92 Å². The van der Waals surface area contributed by atoms with Crippen LogP contribution in [0.3, 0.4) is 0 Å². The molecule has 1 N–H and O–H groups in total. The van der Waals surface area contributed by atoms with E-state index in [2.05, 4.69) is 0 Å². The SMILES string of the molecule is CC(=O)O.CCc1cc(OC)c(OC)c(OCC#N)c1. The Balaban J connectivity index is 0.000000796. The summed E-state index contributed by atoms with van der Waals surface area (Å²) in [5.41, 5.74) is 1.07. The number of nitrogens with zero attached hydrogens (tertiary/aromatic N) is 1. The van der Waals surface area contributed by atoms with Gasteiger partial charge in [-0.2, -0.15) is 5.26 Å². The molecule has 20 heavy (non-hydrogen) atoms. The van der Waals surface area contributed by atoms with Gasteiger partial charge in [0.2, 0.25) is 5.75 Å². The minimum Gasteiger partial charge on any atom is -0.493 e. The highest BCUT2D eigenvalue weighted by atomic mass is 16.5. The topological polar surface area (TPSA) is 88.8 Å². The molecule has 0 amide bonds. The molecule has 0 aliphatic heterocycles. The minimum absolute atomic E-state index is 0.00726. The van der Waals surface area contributed by atoms with Gasteiger partial charge < -0.3 is 19.3 Å². The number of hydrogen-bond acceptors (Lipinski definition) is 5. The summed E-state index contributed by atoms with van der Waals surface area (Å²) in [5.74, 6) is 0.852. The first-order chi connectivity index (χ1) is 9.49. The number of carboxylic acids is 1. The van der Waals surface area contributed by atoms with Gasteiger partial charge in [0, 0.05) is 6.92 Å². The fraction of sp³-hybridized carbons (Fsp3) is 0.429. The zero-order valence-corrected chi connectivity index (χ0v) is 12.1. The van der Waals surface area contributed by atoms with E-state index in [1.165, 1.54) is 0 Å². The molecule has 1 rings (SSSR count). The Labute approximate surface area is 118 Å². The van der Waals surface area contributed by atoms with Crippen molar-refractivity contribution in [2.24, 2.45) is 0 Å². The summed E-state index contributed by atoms with van der Waals surface area (Å²) in [6.07, 6.45) is 0.864. The summed E-state index contributed by atoms with van der Waals surface area (Å²) in [7, 11) is 3.12. The van der Waals surface area contributed by atoms with E-state index in [4.69, 9.17) is 29.4 Å². The number of ether oxygens (including phenoxy) is 3. The third-order valence-electron chi connectivity index (χ3n) is 2.21. The molecule has 0 atom stereocenters. The largest absolute Gasteiger partial charge is 0.493 e. The molecule has 0 aliphatic carbocycles. The normalized spacial score (nSPS) is 8.75. The van der Waals surface area contributed by atoms with Crippen LogP contribution in [0.4, 0.5) is 0 Å². The predicted molar refractivity (Wildman–Crippen MR) is 73.3 cm³/mol. The summed E-state index contributed by atoms with van der Waals surface area (Å²) in [6.45, 7) is 3.11. The van der Waals surface area contributed by atoms with Gasteiger partial charge in [0.15, 0.2) is 18.1 Å². The Kier molecular flexibility index (Phi) is 8.35. The number of aliphatic carboxylic acids is 1. The lowest BCUT2D eigenvalue weighted by Gasteiger charge is -2.13. The molecule has 0 aromatic heterocycles. The van der Waals surface area contributed by atoms with E-state index in [-0.39, 0.29) is 6.61 Å². The molecule has 0 fully saturated rings. The molecule has 0 heterocycles. The van der Waals surface area contributed by atoms with Crippen molar-refractivity contribution in [1.82, 2.24) is 0 Å². The van der Waals surface area contributed by atoms with Crippen LogP contribution < -0.4 is 14.2 Å². The van der Waals surface area contributed by atoms with Crippen LogP contribution in [0.1, 0.15) is 19.4 Å². The van der Waals surface area contributed by atoms with E-state index in [0.717, 1.165) is 18.9 Å². The fourth-order valence-corrected chi connectivity index (χ4v) is 1.41. The maximum atomic E-state index is 9.00. The number of hydrogen-bond donors (Lipinski definition) is 1. The maximum absolute atomic E-state index is 9.00. The Hall–Kier alpha value is -2.42. The number of aryl methyl sites for hydroxylation is 1. The summed E-state index contributed by atoms with van der Waals surface area (Å²) in [5, 5.41) is 15.9. The van der Waals surface area contributed by atoms with Gasteiger partial charge >= 0.3 is 0 Å². The molecule has 0 radical (unpaired) electrons. The van der Waals surface area contributed by atoms with Gasteiger partial charge in [-0.25, -0.2) is 0 Å². The van der Waals surface area contributed by atoms with E-state index >= 15 is 0 Å². The maximum Gasteiger partial charge on any atom is 0.300 e. The summed E-state index contributed by atoms with van der Waals surface area (Å²) in [4.78, 5) is 9.00. The fourth-order valence-electron chi connectivity index (χ4n) is 1.41. The Morgan fingerprint density at radius 2 is 1.85 bits per heavy atom. The van der Waals surface area contributed by atoms with Gasteiger partial charge in [-0.3, -0.25) is 4.79 Å². The predicted octanol–water partition coefficient (Wildman–Crippen LogP) is 2.26. The molecule has 110 valence electrons. The van der Waals surface area contributed by atoms with E-state index in [0.29, 0.717) is 17.2 Å². The minimum atomic E-state index is -0.833. The smallest absolute Gasteiger partial charge is 0.300 e. The quantitative estimate of drug-likeness (QED) is 0.890. The lowest BCUT2D eigenvalue weighted by atomic mass is 10.1. The lowest BCUT2D eigenvalue weighted by molar-refractivity contribution is -0.134. The number of nitriles is 1. The molecule has 0 saturated carbocycles. The Morgan fingerprint density at radius 3 is 2.25 bits per heavy atom. The zero-order valence-electron chi connectivity index (χ0n) is 12.1. The van der Waals surface area contributed by atoms with Gasteiger partial charge in [0.1, 0.15) is 6.07 Å². The second-order valence-electron chi connectivity index (χ2n) is 3.65. The van der Waals surface area contributed by atoms with Crippen molar-refractivity contribution in [1.29, 1.82) is 5.26 Å². The molecule has 0 spiro atoms. The third-order valence-corrected chi connectivity index (χ3v) is 2.21. The molecular formula is C14H19NO5. The third kappa shape index (κ3) is 5.96. The van der Waals surface area contributed by atoms with Crippen LogP contribution in [-0.2, 0) is 11.2 Å². The molecule has 1 aromatic rings. The highest BCUT2D eigenvalue weighted by molar-refractivity contribution is 5.63. The van der Waals surface area contributed by atoms with Gasteiger partial charge in [-0.05, 0) is 24.1 Å². The molecule has 1 aromatic carbocycles. The number of carboxylic acid groups (broad SMARTS) is 1. The first kappa shape index (κ1) is 17.6. The van der Waals surface area contributed by atoms with Crippen LogP contribution in [0.2, 0.25) is 0 Å². The van der Waals surface area contributed by atoms with Crippen LogP contribution in [0, 0.1) is 11.3 Å².